The predicted octanol–water partition coefficient (Wildman–Crippen LogP) is 0.653. The van der Waals surface area contributed by atoms with Crippen LogP contribution in [0.3, 0.4) is 0 Å². The number of thiazole rings is 1. The third kappa shape index (κ3) is 20.1. The van der Waals surface area contributed by atoms with Crippen LogP contribution in [0.5, 0.6) is 0 Å². The minimum Gasteiger partial charge on any atom is -0.481 e. The Bertz CT molecular complexity index is 2670. The molecule has 26 nitrogen and oxygen atoms in total. The quantitative estimate of drug-likeness (QED) is 0.0278. The number of carbonyl (C=O) groups is 10. The predicted molar refractivity (Wildman–Crippen MR) is 273 cm³/mol. The van der Waals surface area contributed by atoms with Crippen LogP contribution in [-0.2, 0) is 54.3 Å². The van der Waals surface area contributed by atoms with E-state index < -0.39 is 78.6 Å². The summed E-state index contributed by atoms with van der Waals surface area (Å²) in [5, 5.41) is 52.4. The minimum absolute atomic E-state index is 0.00758. The minimum atomic E-state index is -1.56. The Morgan fingerprint density at radius 1 is 0.645 bits per heavy atom. The second kappa shape index (κ2) is 30.5. The standard InChI is InChI=1S/C49H62N10O16S/c60-30-74-28-58-19-17-56(15-16-57(27-43(65)66)18-20-59(22-21-58)29-75-31-61)26-41(62)55-49-54-38-25-35(10-12-40(38)76-49)44(67)51-39(24-32-8-9-33-5-1-2-6-34(33)23-32)45(68)50-14-4-3-7-36(46(69)70)52-48(73)53-37(47(71)72)11-13-42(63)64/h1-2,5-6,8-10,12,23,25,30-31,36-37,39H,3-4,7,11,13-22,24,26-29H2,(H,50,68)(H,51,67)(H,63,64)(H,65,66)(H,69,70)(H,71,72)(H2,52,53,73)(H,54,55,62)/t36?,37-,39-/m0/s1. The molecule has 5 amide bonds. The number of nitrogens with zero attached hydrogens (tertiary/aromatic N) is 5. The van der Waals surface area contributed by atoms with Crippen molar-refractivity contribution in [2.24, 2.45) is 0 Å². The smallest absolute Gasteiger partial charge is 0.326 e. The number of ether oxygens (including phenoxy) is 2. The van der Waals surface area contributed by atoms with Gasteiger partial charge in [-0.1, -0.05) is 53.8 Å². The van der Waals surface area contributed by atoms with Crippen molar-refractivity contribution in [3.8, 4) is 0 Å². The van der Waals surface area contributed by atoms with Gasteiger partial charge in [0, 0.05) is 77.3 Å². The van der Waals surface area contributed by atoms with Gasteiger partial charge in [0.1, 0.15) is 31.6 Å². The molecule has 1 unspecified atom stereocenters. The van der Waals surface area contributed by atoms with Crippen molar-refractivity contribution in [3.05, 3.63) is 71.8 Å². The van der Waals surface area contributed by atoms with Crippen molar-refractivity contribution in [3.63, 3.8) is 0 Å². The van der Waals surface area contributed by atoms with Crippen molar-refractivity contribution in [1.82, 2.24) is 45.9 Å². The van der Waals surface area contributed by atoms with Crippen molar-refractivity contribution in [2.75, 3.05) is 90.8 Å². The number of rotatable bonds is 28. The van der Waals surface area contributed by atoms with Crippen LogP contribution >= 0.6 is 11.3 Å². The van der Waals surface area contributed by atoms with Crippen molar-refractivity contribution >= 4 is 98.0 Å². The summed E-state index contributed by atoms with van der Waals surface area (Å²) in [5.74, 6) is -6.72. The summed E-state index contributed by atoms with van der Waals surface area (Å²) in [4.78, 5) is 134. The number of amides is 5. The van der Waals surface area contributed by atoms with Crippen LogP contribution in [0.15, 0.2) is 60.7 Å². The van der Waals surface area contributed by atoms with Gasteiger partial charge in [-0.15, -0.1) is 0 Å². The van der Waals surface area contributed by atoms with Crippen LogP contribution in [-0.4, -0.2) is 209 Å². The lowest BCUT2D eigenvalue weighted by atomic mass is 10.0. The molecule has 2 heterocycles. The number of urea groups is 1. The van der Waals surface area contributed by atoms with Crippen LogP contribution in [0.1, 0.15) is 48.0 Å². The lowest BCUT2D eigenvalue weighted by Crippen LogP contribution is -2.51. The first-order chi connectivity index (χ1) is 36.5. The van der Waals surface area contributed by atoms with Gasteiger partial charge in [-0.05, 0) is 60.2 Å². The van der Waals surface area contributed by atoms with E-state index in [-0.39, 0.29) is 69.5 Å². The fourth-order valence-electron chi connectivity index (χ4n) is 8.10. The molecule has 76 heavy (non-hydrogen) atoms. The Morgan fingerprint density at radius 3 is 1.83 bits per heavy atom. The van der Waals surface area contributed by atoms with Crippen LogP contribution in [0.25, 0.3) is 21.0 Å². The van der Waals surface area contributed by atoms with E-state index in [9.17, 15) is 63.3 Å². The third-order valence-corrected chi connectivity index (χ3v) is 13.1. The van der Waals surface area contributed by atoms with Gasteiger partial charge in [0.2, 0.25) is 11.8 Å². The second-order valence-electron chi connectivity index (χ2n) is 17.7. The summed E-state index contributed by atoms with van der Waals surface area (Å²) < 4.78 is 10.6. The molecule has 0 bridgehead atoms. The summed E-state index contributed by atoms with van der Waals surface area (Å²) in [5.41, 5.74) is 1.32. The molecule has 0 spiro atoms. The highest BCUT2D eigenvalue weighted by Gasteiger charge is 2.27. The van der Waals surface area contributed by atoms with E-state index in [1.807, 2.05) is 57.2 Å². The van der Waals surface area contributed by atoms with Crippen LogP contribution in [0.4, 0.5) is 9.93 Å². The molecule has 1 aromatic heterocycles. The topological polar surface area (TPSA) is 356 Å². The SMILES string of the molecule is O=COCN1CCN(COC=O)CCN(CC(=O)Nc2nc3cc(C(=O)N[C@@H](Cc4ccc5ccccc5c4)C(=O)NCCCCC(NC(=O)N[C@@H](CCC(=O)O)C(=O)O)C(=O)O)ccc3s2)CCN(CC(=O)O)CC1. The van der Waals surface area contributed by atoms with Gasteiger partial charge in [0.05, 0.1) is 23.3 Å². The van der Waals surface area contributed by atoms with Gasteiger partial charge in [-0.25, -0.2) is 19.4 Å². The molecule has 410 valence electrons. The lowest BCUT2D eigenvalue weighted by Gasteiger charge is -2.32. The van der Waals surface area contributed by atoms with Gasteiger partial charge in [-0.2, -0.15) is 0 Å². The molecule has 1 aliphatic rings. The highest BCUT2D eigenvalue weighted by atomic mass is 32.1. The Morgan fingerprint density at radius 2 is 1.24 bits per heavy atom. The van der Waals surface area contributed by atoms with E-state index in [0.717, 1.165) is 16.3 Å². The maximum Gasteiger partial charge on any atom is 0.326 e. The summed E-state index contributed by atoms with van der Waals surface area (Å²) in [6, 6.07) is 12.9. The first-order valence-electron chi connectivity index (χ1n) is 24.2. The molecule has 3 aromatic carbocycles. The molecule has 27 heteroatoms. The number of aliphatic carboxylic acids is 4. The summed E-state index contributed by atoms with van der Waals surface area (Å²) in [6.07, 6.45) is -0.506. The van der Waals surface area contributed by atoms with E-state index in [4.69, 9.17) is 14.6 Å². The molecule has 1 saturated heterocycles. The van der Waals surface area contributed by atoms with E-state index in [1.54, 1.807) is 17.0 Å². The number of carbonyl (C=O) groups excluding carboxylic acids is 6. The maximum absolute atomic E-state index is 13.9. The molecule has 1 fully saturated rings. The van der Waals surface area contributed by atoms with E-state index in [2.05, 4.69) is 31.6 Å². The molecule has 4 aromatic rings. The number of nitrogens with one attached hydrogen (secondary N) is 5. The molecule has 0 radical (unpaired) electrons. The molecule has 1 aliphatic heterocycles. The Balaban J connectivity index is 1.22. The molecule has 0 saturated carbocycles. The average Bonchev–Trinajstić information content (AvgIpc) is 3.79. The monoisotopic (exact) mass is 1080 g/mol. The normalized spacial score (nSPS) is 15.4. The van der Waals surface area contributed by atoms with E-state index >= 15 is 0 Å². The number of unbranched alkanes of at least 4 members (excludes halogenated alkanes) is 1. The zero-order valence-electron chi connectivity index (χ0n) is 41.4. The average molecular weight is 1080 g/mol. The molecule has 0 aliphatic carbocycles. The Labute approximate surface area is 439 Å². The highest BCUT2D eigenvalue weighted by molar-refractivity contribution is 7.22. The zero-order chi connectivity index (χ0) is 55.0. The van der Waals surface area contributed by atoms with Gasteiger partial charge < -0.3 is 56.5 Å². The summed E-state index contributed by atoms with van der Waals surface area (Å²) >= 11 is 1.17. The van der Waals surface area contributed by atoms with Crippen LogP contribution in [0, 0.1) is 0 Å². The maximum atomic E-state index is 13.9. The van der Waals surface area contributed by atoms with Crippen molar-refractivity contribution in [2.45, 2.75) is 56.7 Å². The Kier molecular flexibility index (Phi) is 23.7. The van der Waals surface area contributed by atoms with Crippen LogP contribution < -0.4 is 26.6 Å². The number of aromatic nitrogens is 1. The number of hydrogen-bond acceptors (Lipinski definition) is 18. The molecule has 3 atom stereocenters. The third-order valence-electron chi connectivity index (χ3n) is 12.2. The number of hydrogen-bond donors (Lipinski definition) is 9. The fraction of sp³-hybridized carbons (Fsp3) is 0.449. The van der Waals surface area contributed by atoms with Gasteiger partial charge in [-0.3, -0.25) is 53.2 Å². The fourth-order valence-corrected chi connectivity index (χ4v) is 8.96. The lowest BCUT2D eigenvalue weighted by molar-refractivity contribution is -0.141. The number of fused-ring (bicyclic) bond motifs is 2. The molecule has 9 N–H and O–H groups in total. The molecular weight excluding hydrogens is 1020 g/mol. The highest BCUT2D eigenvalue weighted by Crippen LogP contribution is 2.27. The first kappa shape index (κ1) is 59.0. The zero-order valence-corrected chi connectivity index (χ0v) is 42.2. The number of carboxylic acid groups (broad SMARTS) is 4. The summed E-state index contributed by atoms with van der Waals surface area (Å²) in [7, 11) is 0. The number of carboxylic acids is 4. The largest absolute Gasteiger partial charge is 0.481 e. The van der Waals surface area contributed by atoms with Crippen molar-refractivity contribution in [1.29, 1.82) is 0 Å². The van der Waals surface area contributed by atoms with Gasteiger partial charge in [0.25, 0.3) is 18.9 Å². The number of benzene rings is 3. The van der Waals surface area contributed by atoms with Crippen LogP contribution in [0.2, 0.25) is 0 Å². The van der Waals surface area contributed by atoms with E-state index in [1.165, 1.54) is 17.4 Å². The molecule has 5 rings (SSSR count). The molecular formula is C49H62N10O16S. The van der Waals surface area contributed by atoms with Gasteiger partial charge in [0.15, 0.2) is 5.13 Å². The first-order valence-corrected chi connectivity index (χ1v) is 25.0. The van der Waals surface area contributed by atoms with Gasteiger partial charge >= 0.3 is 29.9 Å². The number of anilines is 1. The summed E-state index contributed by atoms with van der Waals surface area (Å²) in [6.45, 7) is 3.18. The van der Waals surface area contributed by atoms with Crippen molar-refractivity contribution < 1.29 is 77.8 Å². The Hall–Kier alpha value is -7.85. The second-order valence-corrected chi connectivity index (χ2v) is 18.8. The van der Waals surface area contributed by atoms with E-state index in [0.29, 0.717) is 75.5 Å².